The van der Waals surface area contributed by atoms with Crippen molar-refractivity contribution in [2.24, 2.45) is 0 Å². The lowest BCUT2D eigenvalue weighted by Crippen LogP contribution is -2.13. The first-order chi connectivity index (χ1) is 7.76. The minimum Gasteiger partial charge on any atom is -0.494 e. The molecule has 0 aliphatic rings. The normalized spacial score (nSPS) is 10.6. The molecule has 0 atom stereocenters. The molecule has 0 spiro atoms. The summed E-state index contributed by atoms with van der Waals surface area (Å²) in [7, 11) is 1.53. The zero-order valence-corrected chi connectivity index (χ0v) is 8.86. The number of ether oxygens (including phenoxy) is 1. The van der Waals surface area contributed by atoms with Gasteiger partial charge in [-0.1, -0.05) is 6.07 Å². The number of methoxy groups -OCH3 is 1. The third-order valence-electron chi connectivity index (χ3n) is 2.32. The first-order valence-corrected chi connectivity index (χ1v) is 4.93. The molecule has 0 saturated carbocycles. The Kier molecular flexibility index (Phi) is 2.87. The Morgan fingerprint density at radius 1 is 1.50 bits per heavy atom. The summed E-state index contributed by atoms with van der Waals surface area (Å²) in [5, 5.41) is 9.30. The molecule has 0 unspecified atom stereocenters. The van der Waals surface area contributed by atoms with Crippen LogP contribution in [0, 0.1) is 0 Å². The molecule has 0 aliphatic carbocycles. The number of aromatic amines is 1. The van der Waals surface area contributed by atoms with Crippen molar-refractivity contribution in [1.82, 2.24) is 9.97 Å². The molecule has 2 aromatic rings. The van der Waals surface area contributed by atoms with Crippen molar-refractivity contribution in [3.63, 3.8) is 0 Å². The number of hydrogen-bond acceptors (Lipinski definition) is 4. The molecule has 0 aliphatic heterocycles. The summed E-state index contributed by atoms with van der Waals surface area (Å²) in [5.41, 5.74) is 0.310. The summed E-state index contributed by atoms with van der Waals surface area (Å²) >= 11 is 0. The molecule has 1 aromatic carbocycles. The predicted molar refractivity (Wildman–Crippen MR) is 59.7 cm³/mol. The highest BCUT2D eigenvalue weighted by Gasteiger charge is 2.07. The highest BCUT2D eigenvalue weighted by molar-refractivity contribution is 5.83. The fraction of sp³-hybridized carbons (Fsp3) is 0.273. The highest BCUT2D eigenvalue weighted by atomic mass is 16.5. The molecule has 0 amide bonds. The van der Waals surface area contributed by atoms with Crippen molar-refractivity contribution >= 4 is 10.9 Å². The number of hydrogen-bond donors (Lipinski definition) is 2. The number of fused-ring (bicyclic) bond motifs is 1. The average Bonchev–Trinajstić information content (AvgIpc) is 2.29. The van der Waals surface area contributed by atoms with Gasteiger partial charge in [-0.2, -0.15) is 0 Å². The van der Waals surface area contributed by atoms with Crippen molar-refractivity contribution < 1.29 is 9.84 Å². The molecule has 5 heteroatoms. The third kappa shape index (κ3) is 1.77. The van der Waals surface area contributed by atoms with E-state index in [1.807, 2.05) is 0 Å². The zero-order valence-electron chi connectivity index (χ0n) is 8.86. The monoisotopic (exact) mass is 220 g/mol. The van der Waals surface area contributed by atoms with Gasteiger partial charge in [0.1, 0.15) is 17.1 Å². The lowest BCUT2D eigenvalue weighted by molar-refractivity contribution is 0.296. The first kappa shape index (κ1) is 10.6. The van der Waals surface area contributed by atoms with Gasteiger partial charge in [0, 0.05) is 6.42 Å². The SMILES string of the molecule is COc1cccc2c(=O)[nH]c(CCO)nc12. The van der Waals surface area contributed by atoms with E-state index in [-0.39, 0.29) is 12.2 Å². The smallest absolute Gasteiger partial charge is 0.258 e. The van der Waals surface area contributed by atoms with Gasteiger partial charge in [-0.25, -0.2) is 4.98 Å². The molecule has 1 aromatic heterocycles. The maximum atomic E-state index is 11.7. The number of aliphatic hydroxyl groups excluding tert-OH is 1. The van der Waals surface area contributed by atoms with E-state index in [9.17, 15) is 4.79 Å². The van der Waals surface area contributed by atoms with Crippen LogP contribution in [-0.4, -0.2) is 28.8 Å². The van der Waals surface area contributed by atoms with Crippen LogP contribution in [0.2, 0.25) is 0 Å². The van der Waals surface area contributed by atoms with E-state index in [0.29, 0.717) is 28.9 Å². The van der Waals surface area contributed by atoms with Crippen LogP contribution in [0.5, 0.6) is 5.75 Å². The van der Waals surface area contributed by atoms with E-state index < -0.39 is 0 Å². The average molecular weight is 220 g/mol. The number of nitrogens with one attached hydrogen (secondary N) is 1. The van der Waals surface area contributed by atoms with Crippen LogP contribution < -0.4 is 10.3 Å². The number of para-hydroxylation sites is 1. The number of rotatable bonds is 3. The van der Waals surface area contributed by atoms with Gasteiger partial charge in [0.15, 0.2) is 0 Å². The van der Waals surface area contributed by atoms with E-state index in [4.69, 9.17) is 9.84 Å². The molecule has 2 N–H and O–H groups in total. The van der Waals surface area contributed by atoms with E-state index in [0.717, 1.165) is 0 Å². The molecule has 5 nitrogen and oxygen atoms in total. The molecule has 0 saturated heterocycles. The van der Waals surface area contributed by atoms with Crippen LogP contribution in [0.1, 0.15) is 5.82 Å². The van der Waals surface area contributed by atoms with Gasteiger partial charge in [-0.15, -0.1) is 0 Å². The topological polar surface area (TPSA) is 75.2 Å². The number of H-pyrrole nitrogens is 1. The van der Waals surface area contributed by atoms with Gasteiger partial charge in [0.2, 0.25) is 0 Å². The molecule has 1 heterocycles. The molecule has 0 fully saturated rings. The Labute approximate surface area is 91.7 Å². The number of nitrogens with zero attached hydrogens (tertiary/aromatic N) is 1. The van der Waals surface area contributed by atoms with Gasteiger partial charge in [-0.05, 0) is 12.1 Å². The summed E-state index contributed by atoms with van der Waals surface area (Å²) in [6.07, 6.45) is 0.323. The van der Waals surface area contributed by atoms with E-state index in [1.54, 1.807) is 18.2 Å². The number of aromatic nitrogens is 2. The molecular weight excluding hydrogens is 208 g/mol. The van der Waals surface area contributed by atoms with Gasteiger partial charge in [0.25, 0.3) is 5.56 Å². The van der Waals surface area contributed by atoms with Gasteiger partial charge >= 0.3 is 0 Å². The highest BCUT2D eigenvalue weighted by Crippen LogP contribution is 2.20. The van der Waals surface area contributed by atoms with Gasteiger partial charge in [0.05, 0.1) is 19.1 Å². The quantitative estimate of drug-likeness (QED) is 0.788. The summed E-state index contributed by atoms with van der Waals surface area (Å²) in [6.45, 7) is -0.0520. The lowest BCUT2D eigenvalue weighted by atomic mass is 10.2. The summed E-state index contributed by atoms with van der Waals surface area (Å²) < 4.78 is 5.14. The zero-order chi connectivity index (χ0) is 11.5. The van der Waals surface area contributed by atoms with Crippen LogP contribution in [0.3, 0.4) is 0 Å². The summed E-state index contributed by atoms with van der Waals surface area (Å²) in [4.78, 5) is 18.6. The standard InChI is InChI=1S/C11H12N2O3/c1-16-8-4-2-3-7-10(8)12-9(5-6-14)13-11(7)15/h2-4,14H,5-6H2,1H3,(H,12,13,15). The lowest BCUT2D eigenvalue weighted by Gasteiger charge is -2.05. The van der Waals surface area contributed by atoms with Crippen LogP contribution >= 0.6 is 0 Å². The second-order valence-electron chi connectivity index (χ2n) is 3.34. The molecule has 16 heavy (non-hydrogen) atoms. The van der Waals surface area contributed by atoms with Crippen molar-refractivity contribution in [2.45, 2.75) is 6.42 Å². The predicted octanol–water partition coefficient (Wildman–Crippen LogP) is 0.466. The van der Waals surface area contributed by atoms with Crippen molar-refractivity contribution in [3.8, 4) is 5.75 Å². The Balaban J connectivity index is 2.72. The molecular formula is C11H12N2O3. The van der Waals surface area contributed by atoms with E-state index in [2.05, 4.69) is 9.97 Å². The Morgan fingerprint density at radius 3 is 3.00 bits per heavy atom. The molecule has 0 radical (unpaired) electrons. The fourth-order valence-electron chi connectivity index (χ4n) is 1.57. The van der Waals surface area contributed by atoms with Gasteiger partial charge < -0.3 is 14.8 Å². The van der Waals surface area contributed by atoms with E-state index in [1.165, 1.54) is 7.11 Å². The van der Waals surface area contributed by atoms with Crippen molar-refractivity contribution in [3.05, 3.63) is 34.4 Å². The molecule has 2 rings (SSSR count). The van der Waals surface area contributed by atoms with E-state index >= 15 is 0 Å². The largest absolute Gasteiger partial charge is 0.494 e. The Bertz CT molecular complexity index is 563. The third-order valence-corrected chi connectivity index (χ3v) is 2.32. The van der Waals surface area contributed by atoms with Crippen molar-refractivity contribution in [2.75, 3.05) is 13.7 Å². The molecule has 84 valence electrons. The Hall–Kier alpha value is -1.88. The second kappa shape index (κ2) is 4.32. The first-order valence-electron chi connectivity index (χ1n) is 4.93. The summed E-state index contributed by atoms with van der Waals surface area (Å²) in [6, 6.07) is 5.17. The van der Waals surface area contributed by atoms with Crippen LogP contribution in [0.25, 0.3) is 10.9 Å². The number of benzene rings is 1. The maximum Gasteiger partial charge on any atom is 0.258 e. The molecule has 0 bridgehead atoms. The minimum atomic E-state index is -0.215. The fourth-order valence-corrected chi connectivity index (χ4v) is 1.57. The van der Waals surface area contributed by atoms with Crippen LogP contribution in [0.15, 0.2) is 23.0 Å². The minimum absolute atomic E-state index is 0.0520. The number of aliphatic hydroxyl groups is 1. The van der Waals surface area contributed by atoms with Crippen LogP contribution in [-0.2, 0) is 6.42 Å². The van der Waals surface area contributed by atoms with Crippen LogP contribution in [0.4, 0.5) is 0 Å². The maximum absolute atomic E-state index is 11.7. The summed E-state index contributed by atoms with van der Waals surface area (Å²) in [5.74, 6) is 1.02. The Morgan fingerprint density at radius 2 is 2.31 bits per heavy atom. The van der Waals surface area contributed by atoms with Gasteiger partial charge in [-0.3, -0.25) is 4.79 Å². The van der Waals surface area contributed by atoms with Crippen molar-refractivity contribution in [1.29, 1.82) is 0 Å². The second-order valence-corrected chi connectivity index (χ2v) is 3.34.